The molecule has 6 nitrogen and oxygen atoms in total. The number of aryl methyl sites for hydroxylation is 2. The van der Waals surface area contributed by atoms with E-state index >= 15 is 0 Å². The summed E-state index contributed by atoms with van der Waals surface area (Å²) in [6.45, 7) is 8.60. The Hall–Kier alpha value is -2.77. The third-order valence-corrected chi connectivity index (χ3v) is 7.18. The van der Waals surface area contributed by atoms with E-state index in [1.54, 1.807) is 10.9 Å². The molecule has 1 aliphatic rings. The maximum Gasteiger partial charge on any atom is 0.264 e. The third kappa shape index (κ3) is 4.84. The van der Waals surface area contributed by atoms with Crippen LogP contribution in [0.3, 0.4) is 0 Å². The average Bonchev–Trinajstić information content (AvgIpc) is 3.16. The van der Waals surface area contributed by atoms with Crippen LogP contribution in [0.1, 0.15) is 40.6 Å². The maximum atomic E-state index is 13.2. The molecule has 0 unspecified atom stereocenters. The van der Waals surface area contributed by atoms with Crippen molar-refractivity contribution in [2.75, 3.05) is 32.7 Å². The molecular weight excluding hydrogens is 420 g/mol. The number of carbonyl (C=O) groups excluding carboxylic acids is 1. The molecule has 1 aliphatic heterocycles. The van der Waals surface area contributed by atoms with Crippen molar-refractivity contribution in [3.8, 4) is 0 Å². The summed E-state index contributed by atoms with van der Waals surface area (Å²) in [4.78, 5) is 36.2. The molecule has 1 fully saturated rings. The zero-order valence-electron chi connectivity index (χ0n) is 18.8. The highest BCUT2D eigenvalue weighted by Crippen LogP contribution is 2.28. The van der Waals surface area contributed by atoms with Crippen LogP contribution in [-0.4, -0.2) is 58.0 Å². The Labute approximate surface area is 192 Å². The van der Waals surface area contributed by atoms with E-state index in [1.807, 2.05) is 30.0 Å². The number of aromatic nitrogens is 2. The van der Waals surface area contributed by atoms with Crippen LogP contribution < -0.4 is 5.56 Å². The second-order valence-corrected chi connectivity index (χ2v) is 9.24. The molecule has 1 saturated heterocycles. The molecular formula is C25H30N4O2S. The Kier molecular flexibility index (Phi) is 7.17. The zero-order chi connectivity index (χ0) is 22.5. The van der Waals surface area contributed by atoms with E-state index in [4.69, 9.17) is 0 Å². The summed E-state index contributed by atoms with van der Waals surface area (Å²) in [5.74, 6) is 0.0180. The fourth-order valence-electron chi connectivity index (χ4n) is 4.03. The van der Waals surface area contributed by atoms with Crippen LogP contribution in [0.4, 0.5) is 0 Å². The summed E-state index contributed by atoms with van der Waals surface area (Å²) in [7, 11) is 0. The van der Waals surface area contributed by atoms with E-state index in [2.05, 4.69) is 41.1 Å². The smallest absolute Gasteiger partial charge is 0.264 e. The number of hydrogen-bond acceptors (Lipinski definition) is 5. The summed E-state index contributed by atoms with van der Waals surface area (Å²) in [6, 6.07) is 10.3. The molecule has 0 spiro atoms. The lowest BCUT2D eigenvalue weighted by Gasteiger charge is -2.34. The van der Waals surface area contributed by atoms with Crippen molar-refractivity contribution >= 4 is 33.5 Å². The Balaban J connectivity index is 1.40. The van der Waals surface area contributed by atoms with Gasteiger partial charge in [-0.1, -0.05) is 55.8 Å². The van der Waals surface area contributed by atoms with Crippen LogP contribution in [0.2, 0.25) is 0 Å². The number of fused-ring (bicyclic) bond motifs is 1. The van der Waals surface area contributed by atoms with Gasteiger partial charge in [-0.25, -0.2) is 4.98 Å². The van der Waals surface area contributed by atoms with Gasteiger partial charge in [-0.2, -0.15) is 0 Å². The molecule has 3 aromatic rings. The van der Waals surface area contributed by atoms with Gasteiger partial charge < -0.3 is 4.90 Å². The van der Waals surface area contributed by atoms with Gasteiger partial charge in [0.1, 0.15) is 4.83 Å². The number of unbranched alkanes of at least 4 members (excludes halogenated alkanes) is 1. The lowest BCUT2D eigenvalue weighted by molar-refractivity contribution is 0.0654. The molecule has 2 aromatic heterocycles. The van der Waals surface area contributed by atoms with Crippen molar-refractivity contribution in [1.29, 1.82) is 0 Å². The second kappa shape index (κ2) is 10.2. The molecule has 0 bridgehead atoms. The fraction of sp³-hybridized carbons (Fsp3) is 0.400. The monoisotopic (exact) mass is 450 g/mol. The SMILES string of the molecule is CCCCn1cnc2sc(C(=O)N3CCN(C/C=C/c4ccccc4)CC3)c(C)c2c1=O. The van der Waals surface area contributed by atoms with Crippen LogP contribution in [0.5, 0.6) is 0 Å². The first kappa shape index (κ1) is 22.4. The van der Waals surface area contributed by atoms with Gasteiger partial charge in [-0.05, 0) is 24.5 Å². The molecule has 7 heteroatoms. The molecule has 4 rings (SSSR count). The lowest BCUT2D eigenvalue weighted by Crippen LogP contribution is -2.48. The largest absolute Gasteiger partial charge is 0.335 e. The fourth-order valence-corrected chi connectivity index (χ4v) is 5.14. The van der Waals surface area contributed by atoms with E-state index in [9.17, 15) is 9.59 Å². The molecule has 1 amide bonds. The Morgan fingerprint density at radius 2 is 1.91 bits per heavy atom. The summed E-state index contributed by atoms with van der Waals surface area (Å²) in [5.41, 5.74) is 1.93. The van der Waals surface area contributed by atoms with Crippen LogP contribution in [0.25, 0.3) is 16.3 Å². The number of carbonyl (C=O) groups is 1. The second-order valence-electron chi connectivity index (χ2n) is 8.24. The van der Waals surface area contributed by atoms with E-state index in [0.717, 1.165) is 38.0 Å². The van der Waals surface area contributed by atoms with Gasteiger partial charge in [-0.15, -0.1) is 11.3 Å². The Bertz CT molecular complexity index is 1160. The van der Waals surface area contributed by atoms with Gasteiger partial charge >= 0.3 is 0 Å². The summed E-state index contributed by atoms with van der Waals surface area (Å²) in [5, 5.41) is 0.599. The predicted octanol–water partition coefficient (Wildman–Crippen LogP) is 4.04. The standard InChI is InChI=1S/C25H30N4O2S/c1-3-4-13-29-18-26-23-21(24(29)30)19(2)22(32-23)25(31)28-16-14-27(15-17-28)12-8-11-20-9-6-5-7-10-20/h5-11,18H,3-4,12-17H2,1-2H3/b11-8+. The minimum Gasteiger partial charge on any atom is -0.335 e. The average molecular weight is 451 g/mol. The van der Waals surface area contributed by atoms with Gasteiger partial charge in [0.2, 0.25) is 0 Å². The number of amides is 1. The quantitative estimate of drug-likeness (QED) is 0.545. The highest BCUT2D eigenvalue weighted by atomic mass is 32.1. The molecule has 0 saturated carbocycles. The van der Waals surface area contributed by atoms with Gasteiger partial charge in [0.05, 0.1) is 16.6 Å². The minimum absolute atomic E-state index is 0.0180. The highest BCUT2D eigenvalue weighted by Gasteiger charge is 2.26. The number of hydrogen-bond donors (Lipinski definition) is 0. The molecule has 0 radical (unpaired) electrons. The van der Waals surface area contributed by atoms with Crippen molar-refractivity contribution in [3.05, 3.63) is 69.1 Å². The van der Waals surface area contributed by atoms with E-state index < -0.39 is 0 Å². The minimum atomic E-state index is -0.0359. The van der Waals surface area contributed by atoms with Gasteiger partial charge in [0.25, 0.3) is 11.5 Å². The molecule has 0 aliphatic carbocycles. The number of thiophene rings is 1. The summed E-state index contributed by atoms with van der Waals surface area (Å²) in [6.07, 6.45) is 7.89. The maximum absolute atomic E-state index is 13.2. The predicted molar refractivity (Wildman–Crippen MR) is 131 cm³/mol. The van der Waals surface area contributed by atoms with Crippen LogP contribution in [0, 0.1) is 6.92 Å². The van der Waals surface area contributed by atoms with Crippen molar-refractivity contribution in [2.45, 2.75) is 33.2 Å². The Morgan fingerprint density at radius 3 is 2.62 bits per heavy atom. The lowest BCUT2D eigenvalue weighted by atomic mass is 10.2. The summed E-state index contributed by atoms with van der Waals surface area (Å²) < 4.78 is 1.67. The number of rotatable bonds is 7. The van der Waals surface area contributed by atoms with Crippen LogP contribution in [-0.2, 0) is 6.54 Å². The molecule has 168 valence electrons. The number of nitrogens with zero attached hydrogens (tertiary/aromatic N) is 4. The van der Waals surface area contributed by atoms with Gasteiger partial charge in [0.15, 0.2) is 0 Å². The number of piperazine rings is 1. The van der Waals surface area contributed by atoms with Crippen LogP contribution >= 0.6 is 11.3 Å². The normalized spacial score (nSPS) is 15.1. The van der Waals surface area contributed by atoms with E-state index in [1.165, 1.54) is 16.9 Å². The third-order valence-electron chi connectivity index (χ3n) is 6.00. The van der Waals surface area contributed by atoms with Crippen LogP contribution in [0.15, 0.2) is 47.5 Å². The first-order valence-electron chi connectivity index (χ1n) is 11.3. The first-order valence-corrected chi connectivity index (χ1v) is 12.1. The zero-order valence-corrected chi connectivity index (χ0v) is 19.6. The van der Waals surface area contributed by atoms with Gasteiger partial charge in [-0.3, -0.25) is 19.1 Å². The Morgan fingerprint density at radius 1 is 1.16 bits per heavy atom. The van der Waals surface area contributed by atoms with Crippen molar-refractivity contribution < 1.29 is 4.79 Å². The molecule has 32 heavy (non-hydrogen) atoms. The molecule has 3 heterocycles. The van der Waals surface area contributed by atoms with Crippen molar-refractivity contribution in [1.82, 2.24) is 19.4 Å². The van der Waals surface area contributed by atoms with Crippen molar-refractivity contribution in [2.24, 2.45) is 0 Å². The highest BCUT2D eigenvalue weighted by molar-refractivity contribution is 7.20. The molecule has 0 atom stereocenters. The summed E-state index contributed by atoms with van der Waals surface area (Å²) >= 11 is 1.34. The number of benzene rings is 1. The van der Waals surface area contributed by atoms with Crippen molar-refractivity contribution in [3.63, 3.8) is 0 Å². The van der Waals surface area contributed by atoms with Gasteiger partial charge in [0, 0.05) is 39.3 Å². The first-order chi connectivity index (χ1) is 15.6. The molecule has 0 N–H and O–H groups in total. The molecule has 1 aromatic carbocycles. The van der Waals surface area contributed by atoms with E-state index in [-0.39, 0.29) is 11.5 Å². The van der Waals surface area contributed by atoms with E-state index in [0.29, 0.717) is 34.7 Å². The topological polar surface area (TPSA) is 58.4 Å².